The average molecular weight is 698 g/mol. The Hall–Kier alpha value is -4.15. The number of amidine groups is 1. The smallest absolute Gasteiger partial charge is 0.280 e. The van der Waals surface area contributed by atoms with Gasteiger partial charge in [-0.1, -0.05) is 83.2 Å². The summed E-state index contributed by atoms with van der Waals surface area (Å²) >= 11 is 25.5. The predicted molar refractivity (Wildman–Crippen MR) is 185 cm³/mol. The monoisotopic (exact) mass is 696 g/mol. The molecule has 13 heteroatoms. The number of hydrogen-bond acceptors (Lipinski definition) is 6. The Balaban J connectivity index is 1.46. The van der Waals surface area contributed by atoms with Gasteiger partial charge in [0.15, 0.2) is 11.9 Å². The number of rotatable bonds is 9. The lowest BCUT2D eigenvalue weighted by Crippen LogP contribution is -2.36. The van der Waals surface area contributed by atoms with Gasteiger partial charge in [0.05, 0.1) is 26.4 Å². The minimum atomic E-state index is -1.20. The van der Waals surface area contributed by atoms with Gasteiger partial charge in [0.2, 0.25) is 6.04 Å². The van der Waals surface area contributed by atoms with Crippen LogP contribution in [-0.4, -0.2) is 29.8 Å². The van der Waals surface area contributed by atoms with E-state index < -0.39 is 18.1 Å². The molecule has 1 aliphatic heterocycles. The standard InChI is InChI=1S/C33H28Cl4N6O3/c1-4-28(46-23-7-5-6-19(3)14-23)32(44)38-22-12-13-24(35)27(17-22)39-31-29(41-40-21-10-8-18(2)9-11-21)33(45)43(42-31)30-25(36)15-20(34)16-26(30)37/h5-17,28-29H,4H2,1-3H3,(H,38,44)(H,39,42). The number of amides is 2. The summed E-state index contributed by atoms with van der Waals surface area (Å²) in [7, 11) is 0. The van der Waals surface area contributed by atoms with Crippen molar-refractivity contribution in [2.45, 2.75) is 39.3 Å². The first kappa shape index (κ1) is 33.2. The summed E-state index contributed by atoms with van der Waals surface area (Å²) in [5.74, 6) is -0.191. The molecule has 2 atom stereocenters. The highest BCUT2D eigenvalue weighted by Gasteiger charge is 2.41. The number of aliphatic imine (C=N–C) groups is 1. The molecule has 0 spiro atoms. The molecule has 4 aromatic rings. The summed E-state index contributed by atoms with van der Waals surface area (Å²) in [6.45, 7) is 5.76. The Bertz CT molecular complexity index is 1820. The number of ether oxygens (including phenoxy) is 1. The Kier molecular flexibility index (Phi) is 10.5. The molecule has 5 rings (SSSR count). The van der Waals surface area contributed by atoms with Crippen LogP contribution in [0.2, 0.25) is 20.1 Å². The molecule has 1 fully saturated rings. The van der Waals surface area contributed by atoms with Crippen LogP contribution in [-0.2, 0) is 9.59 Å². The molecule has 0 aliphatic carbocycles. The molecule has 1 aliphatic rings. The Morgan fingerprint density at radius 1 is 0.935 bits per heavy atom. The van der Waals surface area contributed by atoms with E-state index in [1.165, 1.54) is 12.1 Å². The van der Waals surface area contributed by atoms with Crippen LogP contribution >= 0.6 is 46.4 Å². The van der Waals surface area contributed by atoms with Crippen molar-refractivity contribution in [3.8, 4) is 5.75 Å². The predicted octanol–water partition coefficient (Wildman–Crippen LogP) is 9.45. The van der Waals surface area contributed by atoms with Gasteiger partial charge in [-0.2, -0.15) is 10.2 Å². The first-order valence-electron chi connectivity index (χ1n) is 14.2. The van der Waals surface area contributed by atoms with Gasteiger partial charge in [-0.05, 0) is 80.4 Å². The second kappa shape index (κ2) is 14.5. The van der Waals surface area contributed by atoms with Crippen molar-refractivity contribution in [3.63, 3.8) is 0 Å². The minimum absolute atomic E-state index is 0.0996. The summed E-state index contributed by atoms with van der Waals surface area (Å²) in [6, 6.07) is 21.3. The molecule has 236 valence electrons. The Morgan fingerprint density at radius 3 is 2.33 bits per heavy atom. The lowest BCUT2D eigenvalue weighted by Gasteiger charge is -2.19. The second-order valence-corrected chi connectivity index (χ2v) is 12.1. The lowest BCUT2D eigenvalue weighted by molar-refractivity contribution is -0.122. The molecule has 1 heterocycles. The molecule has 2 amide bonds. The fourth-order valence-electron chi connectivity index (χ4n) is 4.51. The number of carbonyl (C=O) groups is 2. The van der Waals surface area contributed by atoms with Gasteiger partial charge in [0.1, 0.15) is 11.4 Å². The third-order valence-electron chi connectivity index (χ3n) is 6.85. The number of carbonyl (C=O) groups excluding carboxylic acids is 2. The highest BCUT2D eigenvalue weighted by Crippen LogP contribution is 2.38. The molecule has 1 saturated heterocycles. The largest absolute Gasteiger partial charge is 0.481 e. The SMILES string of the molecule is CCC(Oc1cccc(C)c1)C(=O)Nc1ccc(Cl)c(N=C2NN(c3c(Cl)cc(Cl)cc3Cl)C(=O)C2N=Nc2ccc(C)cc2)c1. The van der Waals surface area contributed by atoms with Crippen molar-refractivity contribution in [1.29, 1.82) is 0 Å². The Labute approximate surface area is 286 Å². The fraction of sp³-hybridized carbons (Fsp3) is 0.182. The van der Waals surface area contributed by atoms with Gasteiger partial charge >= 0.3 is 0 Å². The van der Waals surface area contributed by atoms with Crippen LogP contribution < -0.4 is 20.5 Å². The zero-order chi connectivity index (χ0) is 33.0. The average Bonchev–Trinajstić information content (AvgIpc) is 3.30. The van der Waals surface area contributed by atoms with Crippen molar-refractivity contribution in [1.82, 2.24) is 5.43 Å². The van der Waals surface area contributed by atoms with Crippen molar-refractivity contribution < 1.29 is 14.3 Å². The van der Waals surface area contributed by atoms with Crippen molar-refractivity contribution >= 4 is 86.8 Å². The first-order chi connectivity index (χ1) is 22.0. The highest BCUT2D eigenvalue weighted by molar-refractivity contribution is 6.43. The topological polar surface area (TPSA) is 108 Å². The van der Waals surface area contributed by atoms with E-state index in [9.17, 15) is 9.59 Å². The van der Waals surface area contributed by atoms with Gasteiger partial charge in [-0.15, -0.1) is 0 Å². The lowest BCUT2D eigenvalue weighted by atomic mass is 10.2. The van der Waals surface area contributed by atoms with Crippen molar-refractivity contribution in [2.24, 2.45) is 15.2 Å². The van der Waals surface area contributed by atoms with Gasteiger partial charge in [0, 0.05) is 10.7 Å². The molecule has 9 nitrogen and oxygen atoms in total. The number of hydrazine groups is 1. The van der Waals surface area contributed by atoms with Crippen LogP contribution in [0, 0.1) is 13.8 Å². The molecule has 4 aromatic carbocycles. The third-order valence-corrected chi connectivity index (χ3v) is 7.97. The molecular formula is C33H28Cl4N6O3. The maximum Gasteiger partial charge on any atom is 0.280 e. The zero-order valence-electron chi connectivity index (χ0n) is 24.9. The van der Waals surface area contributed by atoms with Crippen LogP contribution in [0.5, 0.6) is 5.75 Å². The van der Waals surface area contributed by atoms with E-state index in [1.807, 2.05) is 51.1 Å². The summed E-state index contributed by atoms with van der Waals surface area (Å²) in [5, 5.41) is 13.4. The molecule has 0 aromatic heterocycles. The quantitative estimate of drug-likeness (QED) is 0.170. The second-order valence-electron chi connectivity index (χ2n) is 10.4. The molecule has 0 radical (unpaired) electrons. The number of hydrogen-bond donors (Lipinski definition) is 2. The molecule has 2 unspecified atom stereocenters. The molecule has 2 N–H and O–H groups in total. The van der Waals surface area contributed by atoms with E-state index in [1.54, 1.807) is 36.4 Å². The number of halogens is 4. The summed E-state index contributed by atoms with van der Waals surface area (Å²) in [6.07, 6.45) is -0.302. The summed E-state index contributed by atoms with van der Waals surface area (Å²) in [5.41, 5.74) is 6.41. The van der Waals surface area contributed by atoms with Gasteiger partial charge in [-0.3, -0.25) is 15.0 Å². The van der Waals surface area contributed by atoms with Crippen molar-refractivity contribution in [2.75, 3.05) is 10.3 Å². The minimum Gasteiger partial charge on any atom is -0.481 e. The zero-order valence-corrected chi connectivity index (χ0v) is 27.9. The van der Waals surface area contributed by atoms with Gasteiger partial charge in [-0.25, -0.2) is 10.0 Å². The van der Waals surface area contributed by atoms with E-state index in [0.717, 1.165) is 16.1 Å². The number of benzene rings is 4. The van der Waals surface area contributed by atoms with Gasteiger partial charge < -0.3 is 10.1 Å². The van der Waals surface area contributed by atoms with E-state index in [2.05, 4.69) is 26.0 Å². The first-order valence-corrected chi connectivity index (χ1v) is 15.7. The van der Waals surface area contributed by atoms with Crippen molar-refractivity contribution in [3.05, 3.63) is 110 Å². The van der Waals surface area contributed by atoms with E-state index in [4.69, 9.17) is 51.1 Å². The number of azo groups is 1. The summed E-state index contributed by atoms with van der Waals surface area (Å²) < 4.78 is 5.94. The molecule has 46 heavy (non-hydrogen) atoms. The Morgan fingerprint density at radius 2 is 1.65 bits per heavy atom. The van der Waals surface area contributed by atoms with E-state index >= 15 is 0 Å². The summed E-state index contributed by atoms with van der Waals surface area (Å²) in [4.78, 5) is 31.5. The molecular weight excluding hydrogens is 670 g/mol. The van der Waals surface area contributed by atoms with Crippen LogP contribution in [0.25, 0.3) is 0 Å². The molecule has 0 saturated carbocycles. The van der Waals surface area contributed by atoms with E-state index in [-0.39, 0.29) is 38.2 Å². The molecule has 0 bridgehead atoms. The van der Waals surface area contributed by atoms with Gasteiger partial charge in [0.25, 0.3) is 11.8 Å². The number of nitrogens with zero attached hydrogens (tertiary/aromatic N) is 4. The third kappa shape index (κ3) is 7.79. The number of aryl methyl sites for hydroxylation is 2. The van der Waals surface area contributed by atoms with Crippen LogP contribution in [0.3, 0.4) is 0 Å². The fourth-order valence-corrected chi connectivity index (χ4v) is 5.66. The number of anilines is 2. The maximum absolute atomic E-state index is 13.7. The maximum atomic E-state index is 13.7. The van der Waals surface area contributed by atoms with Crippen LogP contribution in [0.15, 0.2) is 94.1 Å². The normalized spacial score (nSPS) is 16.2. The highest BCUT2D eigenvalue weighted by atomic mass is 35.5. The number of nitrogens with one attached hydrogen (secondary N) is 2. The van der Waals surface area contributed by atoms with E-state index in [0.29, 0.717) is 28.6 Å². The van der Waals surface area contributed by atoms with Crippen LogP contribution in [0.1, 0.15) is 24.5 Å². The van der Waals surface area contributed by atoms with Crippen LogP contribution in [0.4, 0.5) is 22.7 Å².